The summed E-state index contributed by atoms with van der Waals surface area (Å²) in [5.41, 5.74) is 0. The van der Waals surface area contributed by atoms with Crippen molar-refractivity contribution in [2.45, 2.75) is 37.0 Å². The predicted octanol–water partition coefficient (Wildman–Crippen LogP) is 2.50. The first kappa shape index (κ1) is 17.4. The number of nitrogens with zero attached hydrogens (tertiary/aromatic N) is 1. The highest BCUT2D eigenvalue weighted by Crippen LogP contribution is 2.26. The normalized spacial score (nSPS) is 12.0. The van der Waals surface area contributed by atoms with Gasteiger partial charge in [0.1, 0.15) is 12.3 Å². The Labute approximate surface area is 129 Å². The zero-order chi connectivity index (χ0) is 16.0. The minimum Gasteiger partial charge on any atom is -0.497 e. The molecule has 0 spiro atoms. The molecule has 1 amide bonds. The highest BCUT2D eigenvalue weighted by Gasteiger charge is 2.25. The number of hydrogen-bond acceptors (Lipinski definition) is 4. The molecule has 0 radical (unpaired) electrons. The summed E-state index contributed by atoms with van der Waals surface area (Å²) in [6.45, 7) is 5.13. The molecule has 0 fully saturated rings. The van der Waals surface area contributed by atoms with E-state index in [9.17, 15) is 9.59 Å². The van der Waals surface area contributed by atoms with Gasteiger partial charge in [0.15, 0.2) is 0 Å². The highest BCUT2D eigenvalue weighted by molar-refractivity contribution is 8.00. The zero-order valence-electron chi connectivity index (χ0n) is 12.7. The van der Waals surface area contributed by atoms with Crippen molar-refractivity contribution in [3.05, 3.63) is 24.3 Å². The van der Waals surface area contributed by atoms with E-state index in [0.29, 0.717) is 0 Å². The van der Waals surface area contributed by atoms with Crippen LogP contribution in [0.1, 0.15) is 20.8 Å². The summed E-state index contributed by atoms with van der Waals surface area (Å²) in [5, 5.41) is 8.55. The largest absolute Gasteiger partial charge is 0.497 e. The predicted molar refractivity (Wildman–Crippen MR) is 82.8 cm³/mol. The van der Waals surface area contributed by atoms with Crippen molar-refractivity contribution in [2.75, 3.05) is 13.7 Å². The van der Waals surface area contributed by atoms with Gasteiger partial charge in [0.05, 0.1) is 12.4 Å². The van der Waals surface area contributed by atoms with Crippen LogP contribution in [0.5, 0.6) is 5.75 Å². The molecule has 1 unspecified atom stereocenters. The summed E-state index contributed by atoms with van der Waals surface area (Å²) in [6, 6.07) is 7.27. The standard InChI is InChI=1S/C15H21NO4S/c1-10(2)16(9-14(17)18)15(19)11(3)21-13-7-5-12(20-4)6-8-13/h5-8,10-11H,9H2,1-4H3,(H,17,18). The maximum atomic E-state index is 12.4. The molecule has 6 heteroatoms. The quantitative estimate of drug-likeness (QED) is 0.784. The van der Waals surface area contributed by atoms with E-state index in [1.165, 1.54) is 16.7 Å². The summed E-state index contributed by atoms with van der Waals surface area (Å²) >= 11 is 1.40. The Morgan fingerprint density at radius 1 is 1.24 bits per heavy atom. The fourth-order valence-corrected chi connectivity index (χ4v) is 2.74. The summed E-state index contributed by atoms with van der Waals surface area (Å²) in [4.78, 5) is 25.5. The van der Waals surface area contributed by atoms with Gasteiger partial charge in [0.2, 0.25) is 5.91 Å². The van der Waals surface area contributed by atoms with Crippen LogP contribution < -0.4 is 4.74 Å². The van der Waals surface area contributed by atoms with Gasteiger partial charge < -0.3 is 14.7 Å². The van der Waals surface area contributed by atoms with Gasteiger partial charge in [-0.15, -0.1) is 11.8 Å². The van der Waals surface area contributed by atoms with E-state index in [0.717, 1.165) is 10.6 Å². The van der Waals surface area contributed by atoms with Gasteiger partial charge in [0, 0.05) is 10.9 Å². The number of carbonyl (C=O) groups is 2. The first-order valence-electron chi connectivity index (χ1n) is 6.68. The number of rotatable bonds is 7. The molecule has 1 N–H and O–H groups in total. The van der Waals surface area contributed by atoms with Crippen LogP contribution in [0.2, 0.25) is 0 Å². The van der Waals surface area contributed by atoms with Crippen molar-refractivity contribution in [3.8, 4) is 5.75 Å². The Balaban J connectivity index is 2.73. The van der Waals surface area contributed by atoms with Crippen molar-refractivity contribution in [3.63, 3.8) is 0 Å². The van der Waals surface area contributed by atoms with Crippen LogP contribution in [-0.2, 0) is 9.59 Å². The number of ether oxygens (including phenoxy) is 1. The Bertz CT molecular complexity index is 487. The molecule has 1 aromatic rings. The molecule has 0 saturated heterocycles. The van der Waals surface area contributed by atoms with Crippen LogP contribution in [0.15, 0.2) is 29.2 Å². The molecule has 0 saturated carbocycles. The lowest BCUT2D eigenvalue weighted by atomic mass is 10.3. The summed E-state index contributed by atoms with van der Waals surface area (Å²) in [5.74, 6) is -0.417. The smallest absolute Gasteiger partial charge is 0.323 e. The molecule has 0 aliphatic carbocycles. The number of methoxy groups -OCH3 is 1. The molecule has 0 aliphatic heterocycles. The molecular formula is C15H21NO4S. The lowest BCUT2D eigenvalue weighted by Gasteiger charge is -2.27. The second-order valence-corrected chi connectivity index (χ2v) is 6.30. The average molecular weight is 311 g/mol. The van der Waals surface area contributed by atoms with E-state index in [1.807, 2.05) is 38.1 Å². The second kappa shape index (κ2) is 7.93. The minimum absolute atomic E-state index is 0.146. The molecule has 21 heavy (non-hydrogen) atoms. The van der Waals surface area contributed by atoms with Crippen molar-refractivity contribution in [1.82, 2.24) is 4.90 Å². The molecule has 116 valence electrons. The Hall–Kier alpha value is -1.69. The van der Waals surface area contributed by atoms with Crippen molar-refractivity contribution >= 4 is 23.6 Å². The van der Waals surface area contributed by atoms with Gasteiger partial charge in [-0.05, 0) is 45.0 Å². The third kappa shape index (κ3) is 5.30. The molecule has 0 bridgehead atoms. The summed E-state index contributed by atoms with van der Waals surface area (Å²) < 4.78 is 5.09. The average Bonchev–Trinajstić information content (AvgIpc) is 2.44. The molecule has 1 aromatic carbocycles. The zero-order valence-corrected chi connectivity index (χ0v) is 13.5. The minimum atomic E-state index is -1.00. The Morgan fingerprint density at radius 2 is 1.81 bits per heavy atom. The number of benzene rings is 1. The fraction of sp³-hybridized carbons (Fsp3) is 0.467. The van der Waals surface area contributed by atoms with Crippen molar-refractivity contribution < 1.29 is 19.4 Å². The lowest BCUT2D eigenvalue weighted by molar-refractivity contribution is -0.145. The number of carboxylic acid groups (broad SMARTS) is 1. The maximum Gasteiger partial charge on any atom is 0.323 e. The van der Waals surface area contributed by atoms with Crippen LogP contribution in [0.3, 0.4) is 0 Å². The van der Waals surface area contributed by atoms with Gasteiger partial charge in [-0.1, -0.05) is 0 Å². The maximum absolute atomic E-state index is 12.4. The molecule has 0 aromatic heterocycles. The van der Waals surface area contributed by atoms with E-state index < -0.39 is 5.97 Å². The third-order valence-corrected chi connectivity index (χ3v) is 4.03. The SMILES string of the molecule is COc1ccc(SC(C)C(=O)N(CC(=O)O)C(C)C)cc1. The number of aliphatic carboxylic acids is 1. The Kier molecular flexibility index (Phi) is 6.55. The number of amides is 1. The van der Waals surface area contributed by atoms with E-state index in [4.69, 9.17) is 9.84 Å². The van der Waals surface area contributed by atoms with Crippen LogP contribution in [0.25, 0.3) is 0 Å². The van der Waals surface area contributed by atoms with E-state index in [2.05, 4.69) is 0 Å². The molecule has 0 aliphatic rings. The molecular weight excluding hydrogens is 290 g/mol. The number of carbonyl (C=O) groups excluding carboxylic acids is 1. The summed E-state index contributed by atoms with van der Waals surface area (Å²) in [7, 11) is 1.60. The second-order valence-electron chi connectivity index (χ2n) is 4.89. The third-order valence-electron chi connectivity index (χ3n) is 2.93. The van der Waals surface area contributed by atoms with Crippen LogP contribution in [0.4, 0.5) is 0 Å². The molecule has 1 atom stereocenters. The van der Waals surface area contributed by atoms with Gasteiger partial charge in [-0.2, -0.15) is 0 Å². The van der Waals surface area contributed by atoms with Crippen LogP contribution in [-0.4, -0.2) is 46.8 Å². The molecule has 1 rings (SSSR count). The number of thioether (sulfide) groups is 1. The first-order chi connectivity index (χ1) is 9.85. The summed E-state index contributed by atoms with van der Waals surface area (Å²) in [6.07, 6.45) is 0. The van der Waals surface area contributed by atoms with Crippen molar-refractivity contribution in [1.29, 1.82) is 0 Å². The van der Waals surface area contributed by atoms with Gasteiger partial charge in [-0.3, -0.25) is 9.59 Å². The van der Waals surface area contributed by atoms with Gasteiger partial charge in [0.25, 0.3) is 0 Å². The highest BCUT2D eigenvalue weighted by atomic mass is 32.2. The van der Waals surface area contributed by atoms with Gasteiger partial charge >= 0.3 is 5.97 Å². The van der Waals surface area contributed by atoms with Gasteiger partial charge in [-0.25, -0.2) is 0 Å². The number of hydrogen-bond donors (Lipinski definition) is 1. The van der Waals surface area contributed by atoms with E-state index in [1.54, 1.807) is 14.0 Å². The van der Waals surface area contributed by atoms with Crippen molar-refractivity contribution in [2.24, 2.45) is 0 Å². The van der Waals surface area contributed by atoms with Crippen LogP contribution >= 0.6 is 11.8 Å². The topological polar surface area (TPSA) is 66.8 Å². The Morgan fingerprint density at radius 3 is 2.24 bits per heavy atom. The lowest BCUT2D eigenvalue weighted by Crippen LogP contribution is -2.44. The number of carboxylic acids is 1. The molecule has 0 heterocycles. The monoisotopic (exact) mass is 311 g/mol. The first-order valence-corrected chi connectivity index (χ1v) is 7.56. The van der Waals surface area contributed by atoms with E-state index in [-0.39, 0.29) is 23.7 Å². The fourth-order valence-electron chi connectivity index (χ4n) is 1.80. The van der Waals surface area contributed by atoms with Crippen LogP contribution in [0, 0.1) is 0 Å². The van der Waals surface area contributed by atoms with E-state index >= 15 is 0 Å². The molecule has 5 nitrogen and oxygen atoms in total.